The smallest absolute Gasteiger partial charge is 0.225 e. The summed E-state index contributed by atoms with van der Waals surface area (Å²) in [6, 6.07) is 4.28. The number of rotatable bonds is 4. The number of piperidine rings is 1. The zero-order valence-electron chi connectivity index (χ0n) is 14.6. The Morgan fingerprint density at radius 3 is 3.00 bits per heavy atom. The third-order valence-corrected chi connectivity index (χ3v) is 5.93. The number of likely N-dealkylation sites (tertiary alicyclic amines) is 1. The molecule has 2 aliphatic heterocycles. The van der Waals surface area contributed by atoms with Crippen LogP contribution in [0.3, 0.4) is 0 Å². The van der Waals surface area contributed by atoms with Gasteiger partial charge in [-0.1, -0.05) is 6.07 Å². The number of amides is 1. The monoisotopic (exact) mass is 345 g/mol. The number of hydrogen-bond acceptors (Lipinski definition) is 5. The second kappa shape index (κ2) is 7.02. The fourth-order valence-corrected chi connectivity index (χ4v) is 4.25. The summed E-state index contributed by atoms with van der Waals surface area (Å²) in [5.74, 6) is 0.0903. The Labute approximate surface area is 148 Å². The largest absolute Gasteiger partial charge is 0.389 e. The molecule has 3 aliphatic rings. The number of ether oxygens (including phenoxy) is 1. The zero-order valence-corrected chi connectivity index (χ0v) is 14.6. The summed E-state index contributed by atoms with van der Waals surface area (Å²) in [6.45, 7) is 3.89. The van der Waals surface area contributed by atoms with Crippen LogP contribution in [-0.4, -0.2) is 69.8 Å². The third kappa shape index (κ3) is 3.71. The van der Waals surface area contributed by atoms with E-state index in [9.17, 15) is 9.90 Å². The molecular weight excluding hydrogens is 318 g/mol. The van der Waals surface area contributed by atoms with Gasteiger partial charge >= 0.3 is 0 Å². The van der Waals surface area contributed by atoms with Crippen molar-refractivity contribution in [3.05, 3.63) is 30.1 Å². The first-order valence-corrected chi connectivity index (χ1v) is 9.38. The first-order chi connectivity index (χ1) is 12.1. The van der Waals surface area contributed by atoms with Gasteiger partial charge in [-0.2, -0.15) is 0 Å². The van der Waals surface area contributed by atoms with Gasteiger partial charge in [0.2, 0.25) is 5.91 Å². The molecule has 0 unspecified atom stereocenters. The quantitative estimate of drug-likeness (QED) is 0.888. The van der Waals surface area contributed by atoms with Gasteiger partial charge in [0, 0.05) is 38.6 Å². The maximum Gasteiger partial charge on any atom is 0.225 e. The second-order valence-corrected chi connectivity index (χ2v) is 7.69. The standard InChI is InChI=1S/C19H27N3O3/c23-18(11-19(24)5-2-6-19)22-8-4-17-16(14-22)21(9-10-25-17)13-15-3-1-7-20-12-15/h1,3,7,12,16-17,24H,2,4-6,8-11,13-14H2/t16-,17-/m0/s1. The van der Waals surface area contributed by atoms with E-state index in [1.54, 1.807) is 6.20 Å². The van der Waals surface area contributed by atoms with E-state index in [1.165, 1.54) is 5.56 Å². The molecule has 1 aromatic heterocycles. The van der Waals surface area contributed by atoms with Gasteiger partial charge in [0.25, 0.3) is 0 Å². The molecule has 25 heavy (non-hydrogen) atoms. The molecule has 136 valence electrons. The van der Waals surface area contributed by atoms with Crippen LogP contribution in [0.25, 0.3) is 0 Å². The predicted octanol–water partition coefficient (Wildman–Crippen LogP) is 1.19. The van der Waals surface area contributed by atoms with E-state index >= 15 is 0 Å². The zero-order chi connectivity index (χ0) is 17.3. The Morgan fingerprint density at radius 2 is 2.28 bits per heavy atom. The van der Waals surface area contributed by atoms with Crippen molar-refractivity contribution in [1.82, 2.24) is 14.8 Å². The summed E-state index contributed by atoms with van der Waals surface area (Å²) >= 11 is 0. The van der Waals surface area contributed by atoms with Crippen LogP contribution in [-0.2, 0) is 16.1 Å². The minimum absolute atomic E-state index is 0.0903. The molecule has 0 bridgehead atoms. The Morgan fingerprint density at radius 1 is 1.40 bits per heavy atom. The molecule has 6 nitrogen and oxygen atoms in total. The number of carbonyl (C=O) groups is 1. The van der Waals surface area contributed by atoms with Crippen LogP contribution in [0.1, 0.15) is 37.7 Å². The first kappa shape index (κ1) is 16.9. The highest BCUT2D eigenvalue weighted by Crippen LogP contribution is 2.35. The Balaban J connectivity index is 1.41. The van der Waals surface area contributed by atoms with E-state index in [4.69, 9.17) is 4.74 Å². The number of hydrogen-bond donors (Lipinski definition) is 1. The molecule has 3 fully saturated rings. The van der Waals surface area contributed by atoms with Crippen molar-refractivity contribution in [2.24, 2.45) is 0 Å². The molecule has 1 saturated carbocycles. The van der Waals surface area contributed by atoms with Crippen LogP contribution in [0.2, 0.25) is 0 Å². The molecule has 0 aromatic carbocycles. The lowest BCUT2D eigenvalue weighted by atomic mass is 9.77. The van der Waals surface area contributed by atoms with Crippen LogP contribution in [0, 0.1) is 0 Å². The molecule has 1 aliphatic carbocycles. The lowest BCUT2D eigenvalue weighted by Gasteiger charge is -2.47. The fourth-order valence-electron chi connectivity index (χ4n) is 4.25. The normalized spacial score (nSPS) is 28.9. The van der Waals surface area contributed by atoms with Crippen LogP contribution >= 0.6 is 0 Å². The minimum atomic E-state index is -0.744. The average Bonchev–Trinajstić information content (AvgIpc) is 2.61. The molecule has 0 radical (unpaired) electrons. The topological polar surface area (TPSA) is 65.9 Å². The van der Waals surface area contributed by atoms with Gasteiger partial charge < -0.3 is 14.7 Å². The van der Waals surface area contributed by atoms with Gasteiger partial charge in [-0.15, -0.1) is 0 Å². The Hall–Kier alpha value is -1.50. The molecule has 1 amide bonds. The van der Waals surface area contributed by atoms with E-state index in [0.29, 0.717) is 6.54 Å². The molecule has 6 heteroatoms. The molecular formula is C19H27N3O3. The summed E-state index contributed by atoms with van der Waals surface area (Å²) in [6.07, 6.45) is 7.58. The lowest BCUT2D eigenvalue weighted by molar-refractivity contribution is -0.151. The second-order valence-electron chi connectivity index (χ2n) is 7.69. The summed E-state index contributed by atoms with van der Waals surface area (Å²) in [7, 11) is 0. The number of fused-ring (bicyclic) bond motifs is 1. The summed E-state index contributed by atoms with van der Waals surface area (Å²) < 4.78 is 5.97. The number of nitrogens with zero attached hydrogens (tertiary/aromatic N) is 3. The van der Waals surface area contributed by atoms with E-state index in [2.05, 4.69) is 16.0 Å². The molecule has 2 atom stereocenters. The van der Waals surface area contributed by atoms with Crippen molar-refractivity contribution in [3.63, 3.8) is 0 Å². The van der Waals surface area contributed by atoms with Crippen molar-refractivity contribution in [3.8, 4) is 0 Å². The van der Waals surface area contributed by atoms with Crippen molar-refractivity contribution in [2.75, 3.05) is 26.2 Å². The van der Waals surface area contributed by atoms with Gasteiger partial charge in [0.15, 0.2) is 0 Å². The minimum Gasteiger partial charge on any atom is -0.389 e. The van der Waals surface area contributed by atoms with Crippen molar-refractivity contribution in [2.45, 2.75) is 56.4 Å². The van der Waals surface area contributed by atoms with E-state index < -0.39 is 5.60 Å². The first-order valence-electron chi connectivity index (χ1n) is 9.38. The average molecular weight is 345 g/mol. The summed E-state index contributed by atoms with van der Waals surface area (Å²) in [5, 5.41) is 10.3. The van der Waals surface area contributed by atoms with Gasteiger partial charge in [-0.3, -0.25) is 14.7 Å². The van der Waals surface area contributed by atoms with Crippen LogP contribution in [0.15, 0.2) is 24.5 Å². The fraction of sp³-hybridized carbons (Fsp3) is 0.684. The highest BCUT2D eigenvalue weighted by molar-refractivity contribution is 5.77. The molecule has 4 rings (SSSR count). The lowest BCUT2D eigenvalue weighted by Crippen LogP contribution is -2.61. The van der Waals surface area contributed by atoms with Crippen LogP contribution in [0.4, 0.5) is 0 Å². The highest BCUT2D eigenvalue weighted by atomic mass is 16.5. The maximum atomic E-state index is 12.6. The van der Waals surface area contributed by atoms with Crippen molar-refractivity contribution < 1.29 is 14.6 Å². The molecule has 2 saturated heterocycles. The molecule has 0 spiro atoms. The van der Waals surface area contributed by atoms with E-state index in [1.807, 2.05) is 17.2 Å². The van der Waals surface area contributed by atoms with Crippen LogP contribution in [0.5, 0.6) is 0 Å². The van der Waals surface area contributed by atoms with Gasteiger partial charge in [0.05, 0.1) is 30.8 Å². The number of aromatic nitrogens is 1. The molecule has 3 heterocycles. The van der Waals surface area contributed by atoms with Gasteiger partial charge in [0.1, 0.15) is 0 Å². The molecule has 1 N–H and O–H groups in total. The molecule has 1 aromatic rings. The van der Waals surface area contributed by atoms with Gasteiger partial charge in [-0.25, -0.2) is 0 Å². The summed E-state index contributed by atoms with van der Waals surface area (Å²) in [4.78, 5) is 21.2. The van der Waals surface area contributed by atoms with Crippen LogP contribution < -0.4 is 0 Å². The SMILES string of the molecule is O=C(CC1(O)CCC1)N1CC[C@@H]2OCCN(Cc3cccnc3)[C@H]2C1. The van der Waals surface area contributed by atoms with Crippen molar-refractivity contribution >= 4 is 5.91 Å². The third-order valence-electron chi connectivity index (χ3n) is 5.93. The highest BCUT2D eigenvalue weighted by Gasteiger charge is 2.41. The number of pyridine rings is 1. The maximum absolute atomic E-state index is 12.6. The van der Waals surface area contributed by atoms with Crippen molar-refractivity contribution in [1.29, 1.82) is 0 Å². The Kier molecular flexibility index (Phi) is 4.75. The number of carbonyl (C=O) groups excluding carboxylic acids is 1. The number of morpholine rings is 1. The number of aliphatic hydroxyl groups is 1. The summed E-state index contributed by atoms with van der Waals surface area (Å²) in [5.41, 5.74) is 0.447. The predicted molar refractivity (Wildman–Crippen MR) is 92.8 cm³/mol. The van der Waals surface area contributed by atoms with E-state index in [-0.39, 0.29) is 24.5 Å². The van der Waals surface area contributed by atoms with E-state index in [0.717, 1.165) is 51.9 Å². The Bertz CT molecular complexity index is 605. The van der Waals surface area contributed by atoms with Gasteiger partial charge in [-0.05, 0) is 37.3 Å².